The molecule has 1 fully saturated rings. The first-order chi connectivity index (χ1) is 30.9. The van der Waals surface area contributed by atoms with Crippen LogP contribution in [-0.4, -0.2) is 134 Å². The fraction of sp³-hybridized carbons (Fsp3) is 0.730. The van der Waals surface area contributed by atoms with Crippen molar-refractivity contribution in [2.45, 2.75) is 135 Å². The maximum atomic E-state index is 12.7. The second kappa shape index (κ2) is 27.4. The second-order valence-electron chi connectivity index (χ2n) is 16.1. The summed E-state index contributed by atoms with van der Waals surface area (Å²) < 4.78 is 62.4. The van der Waals surface area contributed by atoms with Crippen molar-refractivity contribution in [1.82, 2.24) is 30.2 Å². The highest BCUT2D eigenvalue weighted by Gasteiger charge is 2.50. The largest absolute Gasteiger partial charge is 0.481 e. The third-order valence-corrected chi connectivity index (χ3v) is 14.0. The lowest BCUT2D eigenvalue weighted by Gasteiger charge is -2.30. The van der Waals surface area contributed by atoms with Gasteiger partial charge in [0.05, 0.1) is 25.6 Å². The quantitative estimate of drug-likeness (QED) is 0.0286. The van der Waals surface area contributed by atoms with Crippen LogP contribution < -0.4 is 16.4 Å². The third-order valence-electron chi connectivity index (χ3n) is 9.97. The van der Waals surface area contributed by atoms with E-state index in [1.807, 2.05) is 0 Å². The number of aliphatic hydroxyl groups excluding tert-OH is 3. The van der Waals surface area contributed by atoms with Crippen molar-refractivity contribution >= 4 is 69.1 Å². The molecule has 66 heavy (non-hydrogen) atoms. The van der Waals surface area contributed by atoms with E-state index in [2.05, 4.69) is 53.5 Å². The molecule has 2 aromatic heterocycles. The van der Waals surface area contributed by atoms with Crippen molar-refractivity contribution in [3.8, 4) is 0 Å². The zero-order chi connectivity index (χ0) is 49.1. The molecule has 1 saturated heterocycles. The van der Waals surface area contributed by atoms with E-state index < -0.39 is 90.7 Å². The molecule has 29 heteroatoms. The highest BCUT2D eigenvalue weighted by atomic mass is 32.2. The number of carbonyl (C=O) groups is 3. The molecule has 3 rings (SSSR count). The molecule has 1 aliphatic rings. The molecule has 0 bridgehead atoms. The van der Waals surface area contributed by atoms with Gasteiger partial charge in [-0.25, -0.2) is 28.6 Å². The first-order valence-corrected chi connectivity index (χ1v) is 26.8. The fourth-order valence-electron chi connectivity index (χ4n) is 6.39. The first-order valence-electron chi connectivity index (χ1n) is 21.3. The Morgan fingerprint density at radius 2 is 1.62 bits per heavy atom. The number of phosphoric acid groups is 3. The van der Waals surface area contributed by atoms with Gasteiger partial charge in [0.2, 0.25) is 11.8 Å². The van der Waals surface area contributed by atoms with Gasteiger partial charge in [-0.2, -0.15) is 4.31 Å². The van der Waals surface area contributed by atoms with Crippen LogP contribution in [0.25, 0.3) is 11.2 Å². The summed E-state index contributed by atoms with van der Waals surface area (Å²) in [7, 11) is -16.4. The summed E-state index contributed by atoms with van der Waals surface area (Å²) in [4.78, 5) is 88.3. The Hall–Kier alpha value is -2.74. The molecule has 25 nitrogen and oxygen atoms in total. The molecule has 1 aliphatic heterocycles. The maximum absolute atomic E-state index is 12.7. The molecule has 0 spiro atoms. The smallest absolute Gasteiger partial charge is 0.393 e. The lowest BCUT2D eigenvalue weighted by atomic mass is 9.87. The molecule has 2 unspecified atom stereocenters. The number of nitrogens with two attached hydrogens (primary N) is 1. The van der Waals surface area contributed by atoms with Gasteiger partial charge in [-0.3, -0.25) is 32.5 Å². The van der Waals surface area contributed by atoms with Gasteiger partial charge in [-0.1, -0.05) is 76.8 Å². The minimum Gasteiger partial charge on any atom is -0.393 e. The van der Waals surface area contributed by atoms with Gasteiger partial charge >= 0.3 is 23.5 Å². The van der Waals surface area contributed by atoms with Crippen LogP contribution in [0.5, 0.6) is 0 Å². The molecular weight excluding hydrogens is 955 g/mol. The van der Waals surface area contributed by atoms with E-state index in [0.717, 1.165) is 61.1 Å². The van der Waals surface area contributed by atoms with E-state index in [1.165, 1.54) is 39.5 Å². The Balaban J connectivity index is 1.34. The summed E-state index contributed by atoms with van der Waals surface area (Å²) in [6, 6.07) is 0. The third kappa shape index (κ3) is 20.5. The Kier molecular flexibility index (Phi) is 23.9. The van der Waals surface area contributed by atoms with Crippen molar-refractivity contribution in [3.63, 3.8) is 0 Å². The van der Waals surface area contributed by atoms with Crippen molar-refractivity contribution in [1.29, 1.82) is 0 Å². The average molecular weight is 1020 g/mol. The minimum atomic E-state index is -5.59. The number of carbonyl (C=O) groups excluding carboxylic acids is 3. The van der Waals surface area contributed by atoms with E-state index in [0.29, 0.717) is 6.42 Å². The molecule has 11 N–H and O–H groups in total. The van der Waals surface area contributed by atoms with Crippen LogP contribution in [0.1, 0.15) is 104 Å². The van der Waals surface area contributed by atoms with Crippen LogP contribution in [0.4, 0.5) is 5.82 Å². The fourth-order valence-corrected chi connectivity index (χ4v) is 9.96. The molecule has 2 amide bonds. The van der Waals surface area contributed by atoms with Gasteiger partial charge in [0.1, 0.15) is 36.3 Å². The number of nitrogen functional groups attached to an aromatic ring is 1. The number of hydrogen-bond donors (Lipinski definition) is 10. The molecule has 0 aliphatic carbocycles. The minimum absolute atomic E-state index is 0.0121. The van der Waals surface area contributed by atoms with E-state index >= 15 is 0 Å². The number of phosphoric ester groups is 3. The lowest BCUT2D eigenvalue weighted by Crippen LogP contribution is -2.46. The van der Waals surface area contributed by atoms with Gasteiger partial charge in [0.15, 0.2) is 22.8 Å². The zero-order valence-corrected chi connectivity index (χ0v) is 40.5. The highest BCUT2D eigenvalue weighted by Crippen LogP contribution is 2.61. The summed E-state index contributed by atoms with van der Waals surface area (Å²) in [5.41, 5.74) is 4.25. The van der Waals surface area contributed by atoms with Crippen LogP contribution in [0.3, 0.4) is 0 Å². The van der Waals surface area contributed by atoms with Gasteiger partial charge < -0.3 is 56.0 Å². The van der Waals surface area contributed by atoms with Crippen LogP contribution in [0.15, 0.2) is 24.8 Å². The van der Waals surface area contributed by atoms with Crippen molar-refractivity contribution in [2.75, 3.05) is 37.8 Å². The summed E-state index contributed by atoms with van der Waals surface area (Å²) in [5.74, 6) is -1.23. The number of amides is 2. The van der Waals surface area contributed by atoms with Crippen molar-refractivity contribution < 1.29 is 85.6 Å². The molecule has 376 valence electrons. The number of nitrogens with one attached hydrogen (secondary N) is 2. The summed E-state index contributed by atoms with van der Waals surface area (Å²) in [6.45, 7) is 2.58. The number of nitrogens with zero attached hydrogens (tertiary/aromatic N) is 4. The maximum Gasteiger partial charge on any atom is 0.481 e. The number of rotatable bonds is 32. The molecule has 0 aromatic carbocycles. The lowest BCUT2D eigenvalue weighted by molar-refractivity contribution is -0.137. The van der Waals surface area contributed by atoms with E-state index in [1.54, 1.807) is 0 Å². The summed E-state index contributed by atoms with van der Waals surface area (Å²) in [5, 5.41) is 36.5. The number of allylic oxidation sites excluding steroid dienone is 2. The van der Waals surface area contributed by atoms with E-state index in [4.69, 9.17) is 19.5 Å². The number of fused-ring (bicyclic) bond motifs is 1. The molecule has 0 radical (unpaired) electrons. The molecule has 0 saturated carbocycles. The number of aromatic nitrogens is 4. The Morgan fingerprint density at radius 1 is 0.955 bits per heavy atom. The standard InChI is InChI=1S/C37H64N7O18P3S/c1-4-5-6-7-8-9-10-11-12-13-14-15-25(45)20-28(47)66-19-18-39-27(46)16-17-40-35(50)32(49)37(2,3)22-59-65(56,57)62-64(54,55)58-21-26-31(61-63(51,52)53)30(48)36(60-26)44-24-43-29-33(38)41-23-42-34(29)44/h9-10,23-26,30-32,36,45,48-49H,4-8,11-22H2,1-3H3,(H,39,46)(H,40,50)(H,54,55)(H,56,57)(H2,38,41,42)(H2,51,52,53)/b10-9-/t25-,26+,30+,31+,32-,36+/m0/s1. The Bertz CT molecular complexity index is 2040. The second-order valence-corrected chi connectivity index (χ2v) is 21.5. The normalized spacial score (nSPS) is 20.8. The van der Waals surface area contributed by atoms with Gasteiger partial charge in [-0.15, -0.1) is 0 Å². The van der Waals surface area contributed by atoms with E-state index in [-0.39, 0.29) is 53.8 Å². The Morgan fingerprint density at radius 3 is 2.29 bits per heavy atom. The number of anilines is 1. The zero-order valence-electron chi connectivity index (χ0n) is 37.0. The number of imidazole rings is 1. The number of unbranched alkanes of at least 4 members (excludes halogenated alkanes) is 7. The van der Waals surface area contributed by atoms with Gasteiger partial charge in [-0.05, 0) is 32.1 Å². The van der Waals surface area contributed by atoms with Crippen molar-refractivity contribution in [3.05, 3.63) is 24.8 Å². The van der Waals surface area contributed by atoms with Crippen LogP contribution in [0.2, 0.25) is 0 Å². The predicted molar refractivity (Wildman–Crippen MR) is 239 cm³/mol. The highest BCUT2D eigenvalue weighted by molar-refractivity contribution is 8.13. The number of hydrogen-bond acceptors (Lipinski definition) is 19. The van der Waals surface area contributed by atoms with Gasteiger partial charge in [0.25, 0.3) is 0 Å². The summed E-state index contributed by atoms with van der Waals surface area (Å²) in [6.07, 6.45) is 7.18. The average Bonchev–Trinajstić information content (AvgIpc) is 3.79. The van der Waals surface area contributed by atoms with Crippen LogP contribution in [-0.2, 0) is 50.7 Å². The van der Waals surface area contributed by atoms with Crippen LogP contribution >= 0.6 is 35.2 Å². The topological polar surface area (TPSA) is 384 Å². The molecule has 3 heterocycles. The summed E-state index contributed by atoms with van der Waals surface area (Å²) >= 11 is 0.989. The SMILES string of the molecule is CCCCCC/C=C\CCCCC[C@H](O)CC(=O)SCCNC(=O)CCNC(=O)[C@H](O)C(C)(C)COP(=O)(O)OP(=O)(O)OC[C@H]1O[C@@H](n2cnc3c(N)ncnc32)[C@H](O)[C@@H]1OP(=O)(O)O. The van der Waals surface area contributed by atoms with Gasteiger partial charge in [0, 0.05) is 37.1 Å². The molecule has 8 atom stereocenters. The van der Waals surface area contributed by atoms with Crippen molar-refractivity contribution in [2.24, 2.45) is 5.41 Å². The number of thioether (sulfide) groups is 1. The number of aliphatic hydroxyl groups is 3. The molecular formula is C37H64N7O18P3S. The number of ether oxygens (including phenoxy) is 1. The van der Waals surface area contributed by atoms with Crippen LogP contribution in [0, 0.1) is 5.41 Å². The first kappa shape index (κ1) is 57.6. The molecule has 2 aromatic rings. The Labute approximate surface area is 386 Å². The van der Waals surface area contributed by atoms with E-state index in [9.17, 15) is 63.0 Å². The predicted octanol–water partition coefficient (Wildman–Crippen LogP) is 2.89. The monoisotopic (exact) mass is 1020 g/mol.